The summed E-state index contributed by atoms with van der Waals surface area (Å²) in [5, 5.41) is 0. The lowest BCUT2D eigenvalue weighted by molar-refractivity contribution is 0.100. The molecule has 5 nitrogen and oxygen atoms in total. The third-order valence-electron chi connectivity index (χ3n) is 2.18. The Morgan fingerprint density at radius 2 is 2.21 bits per heavy atom. The van der Waals surface area contributed by atoms with Crippen molar-refractivity contribution in [3.05, 3.63) is 34.2 Å². The SMILES string of the molecule is Cn1c(=O)[nH]c2cccc(C(N)=O)c21. The summed E-state index contributed by atoms with van der Waals surface area (Å²) in [6, 6.07) is 5.00. The predicted octanol–water partition coefficient (Wildman–Crippen LogP) is -0.0345. The van der Waals surface area contributed by atoms with E-state index in [4.69, 9.17) is 5.73 Å². The Balaban J connectivity index is 2.98. The monoisotopic (exact) mass is 191 g/mol. The Morgan fingerprint density at radius 1 is 1.50 bits per heavy atom. The number of imidazole rings is 1. The van der Waals surface area contributed by atoms with Gasteiger partial charge in [-0.15, -0.1) is 0 Å². The quantitative estimate of drug-likeness (QED) is 0.663. The van der Waals surface area contributed by atoms with Crippen LogP contribution in [-0.2, 0) is 7.05 Å². The number of nitrogens with one attached hydrogen (secondary N) is 1. The molecule has 0 bridgehead atoms. The number of amides is 1. The van der Waals surface area contributed by atoms with E-state index in [0.717, 1.165) is 0 Å². The first-order valence-electron chi connectivity index (χ1n) is 4.09. The molecule has 0 saturated carbocycles. The topological polar surface area (TPSA) is 80.9 Å². The maximum absolute atomic E-state index is 11.3. The van der Waals surface area contributed by atoms with E-state index in [0.29, 0.717) is 16.6 Å². The minimum Gasteiger partial charge on any atom is -0.366 e. The molecule has 2 rings (SSSR count). The van der Waals surface area contributed by atoms with Crippen molar-refractivity contribution in [2.75, 3.05) is 0 Å². The van der Waals surface area contributed by atoms with Gasteiger partial charge in [0, 0.05) is 7.05 Å². The molecular weight excluding hydrogens is 182 g/mol. The Kier molecular flexibility index (Phi) is 1.67. The highest BCUT2D eigenvalue weighted by Gasteiger charge is 2.11. The van der Waals surface area contributed by atoms with E-state index in [1.165, 1.54) is 4.57 Å². The standard InChI is InChI=1S/C9H9N3O2/c1-12-7-5(8(10)13)3-2-4-6(7)11-9(12)14/h2-4H,1H3,(H2,10,13)(H,11,14). The average Bonchev–Trinajstić information content (AvgIpc) is 2.43. The molecule has 5 heteroatoms. The van der Waals surface area contributed by atoms with Gasteiger partial charge in [-0.05, 0) is 12.1 Å². The van der Waals surface area contributed by atoms with Crippen LogP contribution < -0.4 is 11.4 Å². The van der Waals surface area contributed by atoms with E-state index < -0.39 is 5.91 Å². The van der Waals surface area contributed by atoms with Gasteiger partial charge in [0.1, 0.15) is 0 Å². The Labute approximate surface area is 79.1 Å². The summed E-state index contributed by atoms with van der Waals surface area (Å²) in [5.41, 5.74) is 6.45. The van der Waals surface area contributed by atoms with E-state index in [2.05, 4.69) is 4.98 Å². The fraction of sp³-hybridized carbons (Fsp3) is 0.111. The second-order valence-electron chi connectivity index (χ2n) is 3.06. The number of primary amides is 1. The van der Waals surface area contributed by atoms with Crippen molar-refractivity contribution in [1.82, 2.24) is 9.55 Å². The number of carbonyl (C=O) groups is 1. The number of aromatic nitrogens is 2. The molecule has 0 aliphatic rings. The van der Waals surface area contributed by atoms with Crippen LogP contribution >= 0.6 is 0 Å². The summed E-state index contributed by atoms with van der Waals surface area (Å²) in [6.07, 6.45) is 0. The van der Waals surface area contributed by atoms with Gasteiger partial charge in [0.25, 0.3) is 5.91 Å². The molecule has 1 amide bonds. The van der Waals surface area contributed by atoms with Crippen LogP contribution in [0.4, 0.5) is 0 Å². The van der Waals surface area contributed by atoms with Crippen molar-refractivity contribution in [3.63, 3.8) is 0 Å². The normalized spacial score (nSPS) is 10.6. The summed E-state index contributed by atoms with van der Waals surface area (Å²) in [7, 11) is 1.59. The minimum absolute atomic E-state index is 0.256. The number of hydrogen-bond donors (Lipinski definition) is 2. The van der Waals surface area contributed by atoms with Crippen molar-refractivity contribution >= 4 is 16.9 Å². The predicted molar refractivity (Wildman–Crippen MR) is 52.1 cm³/mol. The zero-order valence-electron chi connectivity index (χ0n) is 7.57. The van der Waals surface area contributed by atoms with Gasteiger partial charge >= 0.3 is 5.69 Å². The van der Waals surface area contributed by atoms with Crippen LogP contribution in [0.5, 0.6) is 0 Å². The Bertz CT molecular complexity index is 565. The number of para-hydroxylation sites is 1. The van der Waals surface area contributed by atoms with Gasteiger partial charge in [-0.3, -0.25) is 9.36 Å². The number of H-pyrrole nitrogens is 1. The summed E-state index contributed by atoms with van der Waals surface area (Å²) >= 11 is 0. The van der Waals surface area contributed by atoms with E-state index in [9.17, 15) is 9.59 Å². The molecule has 1 aromatic carbocycles. The lowest BCUT2D eigenvalue weighted by atomic mass is 10.2. The van der Waals surface area contributed by atoms with Crippen molar-refractivity contribution in [3.8, 4) is 0 Å². The third kappa shape index (κ3) is 1.02. The fourth-order valence-corrected chi connectivity index (χ4v) is 1.51. The minimum atomic E-state index is -0.537. The number of benzene rings is 1. The Morgan fingerprint density at radius 3 is 2.86 bits per heavy atom. The lowest BCUT2D eigenvalue weighted by Gasteiger charge is -1.99. The van der Waals surface area contributed by atoms with Crippen LogP contribution in [0.3, 0.4) is 0 Å². The molecule has 0 fully saturated rings. The summed E-state index contributed by atoms with van der Waals surface area (Å²) in [6.45, 7) is 0. The van der Waals surface area contributed by atoms with Gasteiger partial charge in [0.15, 0.2) is 0 Å². The molecule has 0 aliphatic heterocycles. The molecule has 0 aliphatic carbocycles. The van der Waals surface area contributed by atoms with Crippen LogP contribution in [-0.4, -0.2) is 15.5 Å². The van der Waals surface area contributed by atoms with E-state index in [1.807, 2.05) is 0 Å². The second-order valence-corrected chi connectivity index (χ2v) is 3.06. The summed E-state index contributed by atoms with van der Waals surface area (Å²) in [5.74, 6) is -0.537. The number of carbonyl (C=O) groups excluding carboxylic acids is 1. The molecule has 0 radical (unpaired) electrons. The van der Waals surface area contributed by atoms with Gasteiger partial charge in [0.05, 0.1) is 16.6 Å². The number of aryl methyl sites for hydroxylation is 1. The number of hydrogen-bond acceptors (Lipinski definition) is 2. The van der Waals surface area contributed by atoms with Crippen LogP contribution in [0.15, 0.2) is 23.0 Å². The van der Waals surface area contributed by atoms with Gasteiger partial charge in [-0.1, -0.05) is 6.07 Å². The number of fused-ring (bicyclic) bond motifs is 1. The molecular formula is C9H9N3O2. The first kappa shape index (κ1) is 8.55. The lowest BCUT2D eigenvalue weighted by Crippen LogP contribution is -2.16. The smallest absolute Gasteiger partial charge is 0.326 e. The zero-order valence-corrected chi connectivity index (χ0v) is 7.57. The maximum atomic E-state index is 11.3. The number of nitrogens with zero attached hydrogens (tertiary/aromatic N) is 1. The van der Waals surface area contributed by atoms with Crippen molar-refractivity contribution in [2.24, 2.45) is 12.8 Å². The van der Waals surface area contributed by atoms with Crippen LogP contribution in [0.1, 0.15) is 10.4 Å². The van der Waals surface area contributed by atoms with E-state index in [1.54, 1.807) is 25.2 Å². The van der Waals surface area contributed by atoms with E-state index >= 15 is 0 Å². The number of aromatic amines is 1. The number of nitrogens with two attached hydrogens (primary N) is 1. The van der Waals surface area contributed by atoms with E-state index in [-0.39, 0.29) is 5.69 Å². The maximum Gasteiger partial charge on any atom is 0.326 e. The molecule has 1 aromatic heterocycles. The second kappa shape index (κ2) is 2.73. The largest absolute Gasteiger partial charge is 0.366 e. The van der Waals surface area contributed by atoms with Gasteiger partial charge in [-0.2, -0.15) is 0 Å². The van der Waals surface area contributed by atoms with Crippen LogP contribution in [0, 0.1) is 0 Å². The first-order chi connectivity index (χ1) is 6.61. The van der Waals surface area contributed by atoms with Gasteiger partial charge < -0.3 is 10.7 Å². The highest BCUT2D eigenvalue weighted by atomic mass is 16.1. The van der Waals surface area contributed by atoms with Gasteiger partial charge in [-0.25, -0.2) is 4.79 Å². The van der Waals surface area contributed by atoms with Crippen LogP contribution in [0.2, 0.25) is 0 Å². The molecule has 0 unspecified atom stereocenters. The first-order valence-corrected chi connectivity index (χ1v) is 4.09. The average molecular weight is 191 g/mol. The third-order valence-corrected chi connectivity index (χ3v) is 2.18. The molecule has 72 valence electrons. The molecule has 1 heterocycles. The number of rotatable bonds is 1. The highest BCUT2D eigenvalue weighted by Crippen LogP contribution is 2.13. The molecule has 14 heavy (non-hydrogen) atoms. The van der Waals surface area contributed by atoms with Crippen molar-refractivity contribution in [2.45, 2.75) is 0 Å². The highest BCUT2D eigenvalue weighted by molar-refractivity contribution is 6.04. The molecule has 2 aromatic rings. The molecule has 0 atom stereocenters. The van der Waals surface area contributed by atoms with Crippen molar-refractivity contribution in [1.29, 1.82) is 0 Å². The Hall–Kier alpha value is -2.04. The van der Waals surface area contributed by atoms with Crippen LogP contribution in [0.25, 0.3) is 11.0 Å². The van der Waals surface area contributed by atoms with Crippen molar-refractivity contribution < 1.29 is 4.79 Å². The fourth-order valence-electron chi connectivity index (χ4n) is 1.51. The zero-order chi connectivity index (χ0) is 10.3. The summed E-state index contributed by atoms with van der Waals surface area (Å²) in [4.78, 5) is 25.0. The molecule has 3 N–H and O–H groups in total. The summed E-state index contributed by atoms with van der Waals surface area (Å²) < 4.78 is 1.37. The molecule has 0 spiro atoms. The van der Waals surface area contributed by atoms with Gasteiger partial charge in [0.2, 0.25) is 0 Å². The molecule has 0 saturated heterocycles.